The van der Waals surface area contributed by atoms with Crippen LogP contribution in [0.4, 0.5) is 20.5 Å². The van der Waals surface area contributed by atoms with E-state index in [0.717, 1.165) is 38.3 Å². The summed E-state index contributed by atoms with van der Waals surface area (Å²) in [4.78, 5) is 14.0. The Hall–Kier alpha value is -4.31. The number of hydrogen-bond acceptors (Lipinski definition) is 7. The van der Waals surface area contributed by atoms with Crippen LogP contribution in [-0.2, 0) is 6.54 Å². The lowest BCUT2D eigenvalue weighted by Crippen LogP contribution is -2.46. The highest BCUT2D eigenvalue weighted by Crippen LogP contribution is 2.34. The number of nitrogens with zero attached hydrogens (tertiary/aromatic N) is 6. The molecule has 0 amide bonds. The van der Waals surface area contributed by atoms with Crippen molar-refractivity contribution in [3.63, 3.8) is 0 Å². The van der Waals surface area contributed by atoms with Crippen LogP contribution in [0.2, 0.25) is 0 Å². The van der Waals surface area contributed by atoms with Crippen LogP contribution in [0.3, 0.4) is 0 Å². The molecule has 8 nitrogen and oxygen atoms in total. The normalized spacial score (nSPS) is 14.6. The second-order valence-corrected chi connectivity index (χ2v) is 8.71. The van der Waals surface area contributed by atoms with Gasteiger partial charge in [-0.3, -0.25) is 4.90 Å². The van der Waals surface area contributed by atoms with Crippen molar-refractivity contribution in [1.29, 1.82) is 0 Å². The highest BCUT2D eigenvalue weighted by atomic mass is 19.1. The zero-order valence-corrected chi connectivity index (χ0v) is 19.3. The van der Waals surface area contributed by atoms with E-state index in [1.165, 1.54) is 28.9 Å². The average Bonchev–Trinajstić information content (AvgIpc) is 3.55. The summed E-state index contributed by atoms with van der Waals surface area (Å²) < 4.78 is 33.9. The second kappa shape index (κ2) is 9.04. The van der Waals surface area contributed by atoms with E-state index in [4.69, 9.17) is 20.1 Å². The molecule has 0 unspecified atom stereocenters. The molecule has 10 heteroatoms. The number of piperazine rings is 1. The van der Waals surface area contributed by atoms with Gasteiger partial charge in [0.2, 0.25) is 5.95 Å². The summed E-state index contributed by atoms with van der Waals surface area (Å²) in [6.45, 7) is 3.81. The van der Waals surface area contributed by atoms with Crippen molar-refractivity contribution in [2.24, 2.45) is 0 Å². The van der Waals surface area contributed by atoms with Gasteiger partial charge in [0.15, 0.2) is 11.4 Å². The fraction of sp³-hybridized carbons (Fsp3) is 0.192. The van der Waals surface area contributed by atoms with Gasteiger partial charge in [0.05, 0.1) is 17.3 Å². The summed E-state index contributed by atoms with van der Waals surface area (Å²) in [5, 5.41) is 5.20. The molecular weight excluding hydrogens is 464 g/mol. The highest BCUT2D eigenvalue weighted by Gasteiger charge is 2.25. The van der Waals surface area contributed by atoms with Crippen LogP contribution in [0.5, 0.6) is 0 Å². The molecule has 0 saturated carbocycles. The van der Waals surface area contributed by atoms with Crippen LogP contribution in [0.25, 0.3) is 28.2 Å². The summed E-state index contributed by atoms with van der Waals surface area (Å²) >= 11 is 0. The van der Waals surface area contributed by atoms with E-state index >= 15 is 0 Å². The number of aromatic nitrogens is 4. The van der Waals surface area contributed by atoms with Gasteiger partial charge < -0.3 is 15.1 Å². The number of rotatable bonds is 5. The Kier molecular flexibility index (Phi) is 5.57. The van der Waals surface area contributed by atoms with E-state index in [1.54, 1.807) is 24.5 Å². The molecule has 3 aromatic heterocycles. The fourth-order valence-electron chi connectivity index (χ4n) is 4.47. The molecule has 1 saturated heterocycles. The minimum absolute atomic E-state index is 0.231. The van der Waals surface area contributed by atoms with E-state index in [0.29, 0.717) is 39.9 Å². The molecule has 2 N–H and O–H groups in total. The molecule has 0 bridgehead atoms. The minimum Gasteiger partial charge on any atom is -0.463 e. The molecular formula is C26H23F2N7O. The maximum absolute atomic E-state index is 13.5. The van der Waals surface area contributed by atoms with Crippen LogP contribution in [0.1, 0.15) is 5.56 Å². The first-order valence-corrected chi connectivity index (χ1v) is 11.6. The number of halogens is 2. The minimum atomic E-state index is -0.342. The Balaban J connectivity index is 1.31. The summed E-state index contributed by atoms with van der Waals surface area (Å²) in [5.41, 5.74) is 9.17. The van der Waals surface area contributed by atoms with Crippen molar-refractivity contribution < 1.29 is 13.2 Å². The Labute approximate surface area is 205 Å². The predicted molar refractivity (Wildman–Crippen MR) is 133 cm³/mol. The molecule has 1 aliphatic rings. The van der Waals surface area contributed by atoms with Gasteiger partial charge in [-0.05, 0) is 54.1 Å². The lowest BCUT2D eigenvalue weighted by atomic mass is 10.2. The Morgan fingerprint density at radius 3 is 2.22 bits per heavy atom. The van der Waals surface area contributed by atoms with E-state index in [2.05, 4.69) is 14.9 Å². The molecule has 182 valence electrons. The van der Waals surface area contributed by atoms with Crippen LogP contribution in [0.15, 0.2) is 71.3 Å². The van der Waals surface area contributed by atoms with Gasteiger partial charge in [-0.25, -0.2) is 18.4 Å². The zero-order valence-electron chi connectivity index (χ0n) is 19.3. The van der Waals surface area contributed by atoms with E-state index in [-0.39, 0.29) is 11.6 Å². The maximum atomic E-state index is 13.5. The second-order valence-electron chi connectivity index (χ2n) is 8.71. The standard InChI is InChI=1S/C26H23F2N7O/c27-18-5-3-17(4-6-18)16-33-11-13-34(14-12-33)26-30-23(21-2-1-15-36-21)22-24(29)35(32-25(22)31-26)20-9-7-19(28)8-10-20/h1-10,15H,11-14,16,29H2. The molecule has 36 heavy (non-hydrogen) atoms. The Bertz CT molecular complexity index is 1490. The lowest BCUT2D eigenvalue weighted by Gasteiger charge is -2.34. The number of fused-ring (bicyclic) bond motifs is 1. The monoisotopic (exact) mass is 487 g/mol. The third kappa shape index (κ3) is 4.16. The topological polar surface area (TPSA) is 89.2 Å². The van der Waals surface area contributed by atoms with E-state index < -0.39 is 0 Å². The molecule has 0 radical (unpaired) electrons. The van der Waals surface area contributed by atoms with Crippen molar-refractivity contribution in [3.05, 3.63) is 84.1 Å². The predicted octanol–water partition coefficient (Wildman–Crippen LogP) is 4.26. The summed E-state index contributed by atoms with van der Waals surface area (Å²) in [6, 6.07) is 16.2. The first kappa shape index (κ1) is 22.2. The summed E-state index contributed by atoms with van der Waals surface area (Å²) in [5.74, 6) is 0.874. The van der Waals surface area contributed by atoms with Gasteiger partial charge >= 0.3 is 0 Å². The molecule has 4 heterocycles. The average molecular weight is 488 g/mol. The first-order valence-electron chi connectivity index (χ1n) is 11.6. The van der Waals surface area contributed by atoms with Crippen LogP contribution < -0.4 is 10.6 Å². The fourth-order valence-corrected chi connectivity index (χ4v) is 4.47. The van der Waals surface area contributed by atoms with Gasteiger partial charge in [-0.15, -0.1) is 5.10 Å². The van der Waals surface area contributed by atoms with Gasteiger partial charge in [-0.2, -0.15) is 4.98 Å². The molecule has 1 aliphatic heterocycles. The molecule has 6 rings (SSSR count). The summed E-state index contributed by atoms with van der Waals surface area (Å²) in [7, 11) is 0. The van der Waals surface area contributed by atoms with Crippen molar-refractivity contribution in [2.45, 2.75) is 6.54 Å². The number of furan rings is 1. The van der Waals surface area contributed by atoms with Crippen molar-refractivity contribution >= 4 is 22.8 Å². The van der Waals surface area contributed by atoms with Crippen molar-refractivity contribution in [1.82, 2.24) is 24.6 Å². The van der Waals surface area contributed by atoms with Crippen LogP contribution in [-0.4, -0.2) is 50.8 Å². The van der Waals surface area contributed by atoms with E-state index in [9.17, 15) is 8.78 Å². The molecule has 1 fully saturated rings. The number of hydrogen-bond donors (Lipinski definition) is 1. The third-order valence-electron chi connectivity index (χ3n) is 6.36. The molecule has 2 aromatic carbocycles. The lowest BCUT2D eigenvalue weighted by molar-refractivity contribution is 0.248. The largest absolute Gasteiger partial charge is 0.463 e. The van der Waals surface area contributed by atoms with Gasteiger partial charge in [0.1, 0.15) is 23.1 Å². The first-order chi connectivity index (χ1) is 17.5. The number of anilines is 2. The highest BCUT2D eigenvalue weighted by molar-refractivity contribution is 5.98. The van der Waals surface area contributed by atoms with Crippen molar-refractivity contribution in [2.75, 3.05) is 36.8 Å². The third-order valence-corrected chi connectivity index (χ3v) is 6.36. The molecule has 0 aliphatic carbocycles. The smallest absolute Gasteiger partial charge is 0.228 e. The van der Waals surface area contributed by atoms with Crippen LogP contribution in [0, 0.1) is 11.6 Å². The molecule has 0 atom stereocenters. The Morgan fingerprint density at radius 2 is 1.56 bits per heavy atom. The van der Waals surface area contributed by atoms with Gasteiger partial charge in [-0.1, -0.05) is 12.1 Å². The zero-order chi connectivity index (χ0) is 24.6. The van der Waals surface area contributed by atoms with Crippen molar-refractivity contribution in [3.8, 4) is 17.1 Å². The molecule has 0 spiro atoms. The number of benzene rings is 2. The maximum Gasteiger partial charge on any atom is 0.228 e. The summed E-state index contributed by atoms with van der Waals surface area (Å²) in [6.07, 6.45) is 1.58. The van der Waals surface area contributed by atoms with E-state index in [1.807, 2.05) is 18.2 Å². The van der Waals surface area contributed by atoms with Gasteiger partial charge in [0, 0.05) is 32.7 Å². The van der Waals surface area contributed by atoms with Gasteiger partial charge in [0.25, 0.3) is 0 Å². The Morgan fingerprint density at radius 1 is 0.861 bits per heavy atom. The molecule has 5 aromatic rings. The number of nitrogens with two attached hydrogens (primary N) is 1. The SMILES string of the molecule is Nc1c2c(-c3ccco3)nc(N3CCN(Cc4ccc(F)cc4)CC3)nc2nn1-c1ccc(F)cc1. The van der Waals surface area contributed by atoms with Crippen LogP contribution >= 0.6 is 0 Å². The number of nitrogen functional groups attached to an aromatic ring is 1. The quantitative estimate of drug-likeness (QED) is 0.396.